The molecule has 15 heteroatoms. The van der Waals surface area contributed by atoms with Gasteiger partial charge in [-0.05, 0) is 45.7 Å². The van der Waals surface area contributed by atoms with Gasteiger partial charge in [0.05, 0.1) is 17.9 Å². The molecule has 3 N–H and O–H groups in total. The van der Waals surface area contributed by atoms with Crippen molar-refractivity contribution in [1.29, 1.82) is 0 Å². The number of carboxylic acid groups (broad SMARTS) is 2. The quantitative estimate of drug-likeness (QED) is 0.155. The van der Waals surface area contributed by atoms with E-state index in [1.54, 1.807) is 0 Å². The zero-order valence-electron chi connectivity index (χ0n) is 21.0. The lowest BCUT2D eigenvalue weighted by atomic mass is 9.90. The molecule has 12 nitrogen and oxygen atoms in total. The highest BCUT2D eigenvalue weighted by atomic mass is 79.9. The Morgan fingerprint density at radius 3 is 2.22 bits per heavy atom. The molecule has 0 saturated heterocycles. The van der Waals surface area contributed by atoms with Crippen LogP contribution >= 0.6 is 27.5 Å². The van der Waals surface area contributed by atoms with Gasteiger partial charge in [-0.2, -0.15) is 8.42 Å². The molecule has 1 amide bonds. The molecule has 0 spiro atoms. The summed E-state index contributed by atoms with van der Waals surface area (Å²) in [5.41, 5.74) is -3.69. The van der Waals surface area contributed by atoms with Crippen molar-refractivity contribution < 1.29 is 51.4 Å². The van der Waals surface area contributed by atoms with Crippen LogP contribution in [0.25, 0.3) is 0 Å². The van der Waals surface area contributed by atoms with Crippen molar-refractivity contribution in [3.63, 3.8) is 0 Å². The predicted octanol–water partition coefficient (Wildman–Crippen LogP) is 3.75. The van der Waals surface area contributed by atoms with E-state index in [0.717, 1.165) is 6.26 Å². The second-order valence-electron chi connectivity index (χ2n) is 8.97. The molecule has 0 fully saturated rings. The first-order valence-electron chi connectivity index (χ1n) is 10.9. The predicted molar refractivity (Wildman–Crippen MR) is 136 cm³/mol. The zero-order chi connectivity index (χ0) is 28.6. The fourth-order valence-electron chi connectivity index (χ4n) is 3.05. The molecule has 0 aliphatic carbocycles. The van der Waals surface area contributed by atoms with Crippen LogP contribution in [0.1, 0.15) is 51.7 Å². The monoisotopic (exact) mass is 631 g/mol. The summed E-state index contributed by atoms with van der Waals surface area (Å²) in [5, 5.41) is 21.6. The third-order valence-electron chi connectivity index (χ3n) is 4.67. The van der Waals surface area contributed by atoms with Gasteiger partial charge in [0, 0.05) is 30.2 Å². The second-order valence-corrected chi connectivity index (χ2v) is 11.8. The number of benzene rings is 1. The lowest BCUT2D eigenvalue weighted by Gasteiger charge is -2.29. The number of halogens is 2. The first-order valence-corrected chi connectivity index (χ1v) is 13.9. The number of rotatable bonds is 14. The second kappa shape index (κ2) is 13.6. The van der Waals surface area contributed by atoms with E-state index in [9.17, 15) is 33.0 Å². The highest BCUT2D eigenvalue weighted by Crippen LogP contribution is 2.39. The van der Waals surface area contributed by atoms with Crippen molar-refractivity contribution in [2.24, 2.45) is 0 Å². The van der Waals surface area contributed by atoms with Crippen LogP contribution in [-0.2, 0) is 33.4 Å². The van der Waals surface area contributed by atoms with Gasteiger partial charge in [-0.15, -0.1) is 0 Å². The van der Waals surface area contributed by atoms with E-state index in [2.05, 4.69) is 15.9 Å². The van der Waals surface area contributed by atoms with Crippen LogP contribution in [-0.4, -0.2) is 74.4 Å². The molecule has 0 unspecified atom stereocenters. The Kier molecular flexibility index (Phi) is 12.1. The maximum atomic E-state index is 12.3. The molecule has 0 aromatic heterocycles. The van der Waals surface area contributed by atoms with E-state index < -0.39 is 58.2 Å². The smallest absolute Gasteiger partial charge is 0.409 e. The van der Waals surface area contributed by atoms with Gasteiger partial charge in [0.2, 0.25) is 5.54 Å². The summed E-state index contributed by atoms with van der Waals surface area (Å²) in [6, 6.07) is 2.83. The molecule has 0 heterocycles. The maximum absolute atomic E-state index is 12.3. The average Bonchev–Trinajstić information content (AvgIpc) is 2.72. The number of nitrogens with one attached hydrogen (secondary N) is 1. The lowest BCUT2D eigenvalue weighted by molar-refractivity contribution is -0.159. The molecule has 1 atom stereocenters. The van der Waals surface area contributed by atoms with Crippen LogP contribution < -0.4 is 10.1 Å². The number of carbonyl (C=O) groups excluding carboxylic acids is 1. The number of carbonyl (C=O) groups is 3. The molecule has 37 heavy (non-hydrogen) atoms. The summed E-state index contributed by atoms with van der Waals surface area (Å²) in [6.45, 7) is 5.20. The Bertz CT molecular complexity index is 1070. The zero-order valence-corrected chi connectivity index (χ0v) is 24.2. The van der Waals surface area contributed by atoms with Gasteiger partial charge in [-0.25, -0.2) is 14.4 Å². The van der Waals surface area contributed by atoms with Crippen LogP contribution in [0.3, 0.4) is 0 Å². The van der Waals surface area contributed by atoms with Gasteiger partial charge in [-0.1, -0.05) is 27.5 Å². The van der Waals surface area contributed by atoms with Crippen LogP contribution in [0.2, 0.25) is 5.02 Å². The summed E-state index contributed by atoms with van der Waals surface area (Å²) in [4.78, 5) is 36.4. The molecular formula is C22H31BrClNO11S. The number of amides is 1. The van der Waals surface area contributed by atoms with Gasteiger partial charge in [0.25, 0.3) is 10.1 Å². The number of hydrogen-bond acceptors (Lipinski definition) is 9. The van der Waals surface area contributed by atoms with E-state index >= 15 is 0 Å². The molecule has 0 aliphatic rings. The maximum Gasteiger partial charge on any atom is 0.409 e. The Morgan fingerprint density at radius 2 is 1.73 bits per heavy atom. The van der Waals surface area contributed by atoms with Gasteiger partial charge in [0.15, 0.2) is 0 Å². The average molecular weight is 633 g/mol. The molecule has 1 rings (SSSR count). The summed E-state index contributed by atoms with van der Waals surface area (Å²) >= 11 is 9.51. The van der Waals surface area contributed by atoms with Crippen molar-refractivity contribution in [3.05, 3.63) is 27.2 Å². The lowest BCUT2D eigenvalue weighted by Crippen LogP contribution is -2.61. The highest BCUT2D eigenvalue weighted by Gasteiger charge is 2.49. The third-order valence-corrected chi connectivity index (χ3v) is 6.23. The molecule has 0 radical (unpaired) electrons. The molecule has 0 aliphatic heterocycles. The summed E-state index contributed by atoms with van der Waals surface area (Å²) in [5.74, 6) is -3.59. The first-order chi connectivity index (χ1) is 16.9. The van der Waals surface area contributed by atoms with Gasteiger partial charge in [0.1, 0.15) is 17.5 Å². The van der Waals surface area contributed by atoms with Crippen LogP contribution in [0, 0.1) is 0 Å². The largest absolute Gasteiger partial charge is 0.492 e. The van der Waals surface area contributed by atoms with Crippen molar-refractivity contribution in [3.8, 4) is 5.75 Å². The normalized spacial score (nSPS) is 13.1. The summed E-state index contributed by atoms with van der Waals surface area (Å²) in [6.07, 6.45) is -2.57. The summed E-state index contributed by atoms with van der Waals surface area (Å²) < 4.78 is 45.1. The molecule has 1 aromatic rings. The van der Waals surface area contributed by atoms with Crippen molar-refractivity contribution in [1.82, 2.24) is 5.32 Å². The number of carboxylic acids is 2. The molecule has 1 aromatic carbocycles. The van der Waals surface area contributed by atoms with E-state index in [0.29, 0.717) is 17.5 Å². The van der Waals surface area contributed by atoms with Gasteiger partial charge >= 0.3 is 18.0 Å². The van der Waals surface area contributed by atoms with Gasteiger partial charge in [-0.3, -0.25) is 9.50 Å². The Morgan fingerprint density at radius 1 is 1.14 bits per heavy atom. The number of methoxy groups -OCH3 is 1. The van der Waals surface area contributed by atoms with Crippen molar-refractivity contribution in [2.45, 2.75) is 57.3 Å². The molecule has 0 saturated carbocycles. The van der Waals surface area contributed by atoms with Crippen LogP contribution in [0.4, 0.5) is 4.79 Å². The molecule has 210 valence electrons. The minimum Gasteiger partial charge on any atom is -0.492 e. The number of alkyl carbamates (subject to hydrolysis) is 1. The fourth-order valence-corrected chi connectivity index (χ4v) is 4.62. The van der Waals surface area contributed by atoms with E-state index in [4.69, 9.17) is 30.0 Å². The SMILES string of the molecule is COCCCOc1cc([C@H](CCC(NC(=O)OC(C)(C)C)(C(=O)O)C(=O)O)OS(C)(=O)=O)c(Br)cc1Cl. The Labute approximate surface area is 228 Å². The highest BCUT2D eigenvalue weighted by molar-refractivity contribution is 9.10. The molecule has 0 bridgehead atoms. The standard InChI is InChI=1S/C22H31BrClNO11S/c1-21(2,3)35-20(30)25-22(18(26)27,19(28)29)8-7-16(36-37(5,31)32)13-11-17(15(24)12-14(13)23)34-10-6-9-33-4/h11-12,16H,6-10H2,1-5H3,(H,25,30)(H,26,27)(H,28,29)/t16-/m0/s1. The number of hydrogen-bond donors (Lipinski definition) is 3. The summed E-state index contributed by atoms with van der Waals surface area (Å²) in [7, 11) is -2.58. The van der Waals surface area contributed by atoms with E-state index in [1.807, 2.05) is 5.32 Å². The van der Waals surface area contributed by atoms with Crippen molar-refractivity contribution >= 4 is 55.7 Å². The third kappa shape index (κ3) is 10.6. The van der Waals surface area contributed by atoms with E-state index in [-0.39, 0.29) is 22.9 Å². The van der Waals surface area contributed by atoms with Crippen LogP contribution in [0.15, 0.2) is 16.6 Å². The number of aliphatic carboxylic acids is 2. The molecular weight excluding hydrogens is 602 g/mol. The minimum absolute atomic E-state index is 0.188. The minimum atomic E-state index is -4.11. The van der Waals surface area contributed by atoms with Crippen LogP contribution in [0.5, 0.6) is 5.75 Å². The fraction of sp³-hybridized carbons (Fsp3) is 0.591. The van der Waals surface area contributed by atoms with Gasteiger partial charge < -0.3 is 24.4 Å². The topological polar surface area (TPSA) is 175 Å². The van der Waals surface area contributed by atoms with E-state index in [1.165, 1.54) is 40.0 Å². The first kappa shape index (κ1) is 32.9. The van der Waals surface area contributed by atoms with Crippen molar-refractivity contribution in [2.75, 3.05) is 26.6 Å². The number of ether oxygens (including phenoxy) is 3. The Hall–Kier alpha value is -2.13. The Balaban J connectivity index is 3.39.